The van der Waals surface area contributed by atoms with Crippen molar-refractivity contribution in [1.82, 2.24) is 0 Å². The van der Waals surface area contributed by atoms with Crippen LogP contribution in [0.1, 0.15) is 17.3 Å². The van der Waals surface area contributed by atoms with Crippen molar-refractivity contribution in [3.8, 4) is 5.75 Å². The summed E-state index contributed by atoms with van der Waals surface area (Å²) < 4.78 is 4.60. The molecule has 0 heterocycles. The van der Waals surface area contributed by atoms with E-state index in [9.17, 15) is 19.5 Å². The van der Waals surface area contributed by atoms with E-state index in [4.69, 9.17) is 0 Å². The van der Waals surface area contributed by atoms with Crippen LogP contribution in [0.25, 0.3) is 0 Å². The van der Waals surface area contributed by atoms with Crippen molar-refractivity contribution in [3.05, 3.63) is 65.7 Å². The standard InChI is InChI=1S/C19H18N2O5/c1-12(10-17(23)20-15-4-3-5-16(22)11-15)18(24)21-14-8-6-13(7-9-14)19(25)26-2/h3-11,22H,1-2H3,(H,20,23)(H,21,24)/b12-10+. The predicted molar refractivity (Wildman–Crippen MR) is 96.9 cm³/mol. The SMILES string of the molecule is COC(=O)c1ccc(NC(=O)/C(C)=C/C(=O)Nc2cccc(O)c2)cc1. The van der Waals surface area contributed by atoms with Crippen LogP contribution in [0.3, 0.4) is 0 Å². The zero-order chi connectivity index (χ0) is 19.1. The number of benzene rings is 2. The van der Waals surface area contributed by atoms with Crippen molar-refractivity contribution < 1.29 is 24.2 Å². The van der Waals surface area contributed by atoms with E-state index >= 15 is 0 Å². The Balaban J connectivity index is 1.98. The van der Waals surface area contributed by atoms with Crippen molar-refractivity contribution >= 4 is 29.2 Å². The van der Waals surface area contributed by atoms with Gasteiger partial charge in [0.2, 0.25) is 5.91 Å². The highest BCUT2D eigenvalue weighted by Gasteiger charge is 2.09. The van der Waals surface area contributed by atoms with Gasteiger partial charge in [-0.2, -0.15) is 0 Å². The van der Waals surface area contributed by atoms with Gasteiger partial charge in [0.1, 0.15) is 5.75 Å². The molecule has 2 aromatic carbocycles. The van der Waals surface area contributed by atoms with Crippen molar-refractivity contribution in [2.45, 2.75) is 6.92 Å². The molecule has 2 amide bonds. The Morgan fingerprint density at radius 2 is 1.69 bits per heavy atom. The van der Waals surface area contributed by atoms with Crippen LogP contribution in [-0.2, 0) is 14.3 Å². The first kappa shape index (κ1) is 18.7. The highest BCUT2D eigenvalue weighted by Crippen LogP contribution is 2.16. The number of ether oxygens (including phenoxy) is 1. The van der Waals surface area contributed by atoms with Gasteiger partial charge < -0.3 is 20.5 Å². The number of esters is 1. The third-order valence-electron chi connectivity index (χ3n) is 3.38. The summed E-state index contributed by atoms with van der Waals surface area (Å²) >= 11 is 0. The third kappa shape index (κ3) is 5.20. The maximum absolute atomic E-state index is 12.1. The summed E-state index contributed by atoms with van der Waals surface area (Å²) in [5.41, 5.74) is 1.45. The molecule has 0 aromatic heterocycles. The number of hydrogen-bond acceptors (Lipinski definition) is 5. The van der Waals surface area contributed by atoms with Crippen molar-refractivity contribution in [2.24, 2.45) is 0 Å². The Hall–Kier alpha value is -3.61. The lowest BCUT2D eigenvalue weighted by Gasteiger charge is -2.07. The van der Waals surface area contributed by atoms with Gasteiger partial charge in [-0.15, -0.1) is 0 Å². The molecular weight excluding hydrogens is 336 g/mol. The van der Waals surface area contributed by atoms with Crippen LogP contribution >= 0.6 is 0 Å². The molecule has 0 fully saturated rings. The molecule has 0 unspecified atom stereocenters. The first-order valence-corrected chi connectivity index (χ1v) is 7.67. The molecule has 0 aliphatic heterocycles. The maximum atomic E-state index is 12.1. The summed E-state index contributed by atoms with van der Waals surface area (Å²) in [7, 11) is 1.29. The van der Waals surface area contributed by atoms with Gasteiger partial charge in [-0.1, -0.05) is 6.07 Å². The van der Waals surface area contributed by atoms with E-state index in [1.54, 1.807) is 24.3 Å². The zero-order valence-electron chi connectivity index (χ0n) is 14.3. The molecule has 0 aliphatic carbocycles. The lowest BCUT2D eigenvalue weighted by molar-refractivity contribution is -0.114. The minimum absolute atomic E-state index is 0.0247. The summed E-state index contributed by atoms with van der Waals surface area (Å²) in [5.74, 6) is -1.40. The van der Waals surface area contributed by atoms with Crippen LogP contribution < -0.4 is 10.6 Å². The van der Waals surface area contributed by atoms with Gasteiger partial charge in [0, 0.05) is 29.1 Å². The summed E-state index contributed by atoms with van der Waals surface area (Å²) in [6.45, 7) is 1.50. The number of hydrogen-bond donors (Lipinski definition) is 3. The van der Waals surface area contributed by atoms with Crippen molar-refractivity contribution in [3.63, 3.8) is 0 Å². The number of rotatable bonds is 5. The molecule has 0 bridgehead atoms. The maximum Gasteiger partial charge on any atom is 0.337 e. The number of carbonyl (C=O) groups excluding carboxylic acids is 3. The molecule has 0 aliphatic rings. The Morgan fingerprint density at radius 3 is 2.31 bits per heavy atom. The highest BCUT2D eigenvalue weighted by atomic mass is 16.5. The Kier molecular flexibility index (Phi) is 6.10. The minimum atomic E-state index is -0.496. The van der Waals surface area contributed by atoms with Gasteiger partial charge >= 0.3 is 5.97 Å². The molecule has 0 atom stereocenters. The molecule has 0 spiro atoms. The second-order valence-corrected chi connectivity index (χ2v) is 5.39. The number of carbonyl (C=O) groups is 3. The molecule has 7 heteroatoms. The number of amides is 2. The van der Waals surface area contributed by atoms with E-state index in [2.05, 4.69) is 15.4 Å². The van der Waals surface area contributed by atoms with E-state index in [1.165, 1.54) is 38.3 Å². The Bertz CT molecular complexity index is 856. The fourth-order valence-electron chi connectivity index (χ4n) is 2.06. The van der Waals surface area contributed by atoms with Crippen molar-refractivity contribution in [2.75, 3.05) is 17.7 Å². The predicted octanol–water partition coefficient (Wildman–Crippen LogP) is 2.70. The molecule has 2 rings (SSSR count). The fraction of sp³-hybridized carbons (Fsp3) is 0.105. The molecule has 0 saturated heterocycles. The quantitative estimate of drug-likeness (QED) is 0.566. The lowest BCUT2D eigenvalue weighted by Crippen LogP contribution is -2.16. The van der Waals surface area contributed by atoms with Crippen LogP contribution in [0.5, 0.6) is 5.75 Å². The highest BCUT2D eigenvalue weighted by molar-refractivity contribution is 6.10. The number of phenols is 1. The minimum Gasteiger partial charge on any atom is -0.508 e. The molecule has 0 saturated carbocycles. The summed E-state index contributed by atoms with van der Waals surface area (Å²) in [5, 5.41) is 14.5. The van der Waals surface area contributed by atoms with Crippen LogP contribution in [0.2, 0.25) is 0 Å². The summed E-state index contributed by atoms with van der Waals surface area (Å²) in [6, 6.07) is 12.2. The van der Waals surface area contributed by atoms with E-state index in [0.29, 0.717) is 16.9 Å². The number of nitrogens with one attached hydrogen (secondary N) is 2. The molecule has 2 aromatic rings. The fourth-order valence-corrected chi connectivity index (χ4v) is 2.06. The first-order valence-electron chi connectivity index (χ1n) is 7.67. The molecule has 0 radical (unpaired) electrons. The molecular formula is C19H18N2O5. The van der Waals surface area contributed by atoms with Crippen LogP contribution in [0.15, 0.2) is 60.2 Å². The topological polar surface area (TPSA) is 105 Å². The van der Waals surface area contributed by atoms with Crippen LogP contribution in [0, 0.1) is 0 Å². The monoisotopic (exact) mass is 354 g/mol. The number of methoxy groups -OCH3 is 1. The number of phenolic OH excluding ortho intramolecular Hbond substituents is 1. The second kappa shape index (κ2) is 8.48. The van der Waals surface area contributed by atoms with Gasteiger partial charge in [-0.3, -0.25) is 9.59 Å². The van der Waals surface area contributed by atoms with E-state index in [1.807, 2.05) is 0 Å². The van der Waals surface area contributed by atoms with Crippen molar-refractivity contribution in [1.29, 1.82) is 0 Å². The van der Waals surface area contributed by atoms with E-state index in [0.717, 1.165) is 6.08 Å². The summed E-state index contributed by atoms with van der Waals surface area (Å²) in [4.78, 5) is 35.5. The Labute approximate surface area is 150 Å². The van der Waals surface area contributed by atoms with Crippen LogP contribution in [0.4, 0.5) is 11.4 Å². The molecule has 134 valence electrons. The van der Waals surface area contributed by atoms with E-state index in [-0.39, 0.29) is 11.3 Å². The first-order chi connectivity index (χ1) is 12.4. The van der Waals surface area contributed by atoms with Gasteiger partial charge in [-0.25, -0.2) is 4.79 Å². The lowest BCUT2D eigenvalue weighted by atomic mass is 10.2. The average molecular weight is 354 g/mol. The molecule has 26 heavy (non-hydrogen) atoms. The average Bonchev–Trinajstić information content (AvgIpc) is 2.61. The molecule has 3 N–H and O–H groups in total. The second-order valence-electron chi connectivity index (χ2n) is 5.39. The number of anilines is 2. The smallest absolute Gasteiger partial charge is 0.337 e. The third-order valence-corrected chi connectivity index (χ3v) is 3.38. The van der Waals surface area contributed by atoms with E-state index < -0.39 is 17.8 Å². The zero-order valence-corrected chi connectivity index (χ0v) is 14.3. The molecule has 7 nitrogen and oxygen atoms in total. The Morgan fingerprint density at radius 1 is 1.00 bits per heavy atom. The summed E-state index contributed by atoms with van der Waals surface area (Å²) in [6.07, 6.45) is 1.15. The largest absolute Gasteiger partial charge is 0.508 e. The van der Waals surface area contributed by atoms with Gasteiger partial charge in [0.25, 0.3) is 5.91 Å². The van der Waals surface area contributed by atoms with Gasteiger partial charge in [0.05, 0.1) is 12.7 Å². The van der Waals surface area contributed by atoms with Gasteiger partial charge in [0.15, 0.2) is 0 Å². The van der Waals surface area contributed by atoms with Gasteiger partial charge in [-0.05, 0) is 43.3 Å². The van der Waals surface area contributed by atoms with Crippen LogP contribution in [-0.4, -0.2) is 30.0 Å². The normalized spacial score (nSPS) is 10.8. The number of aromatic hydroxyl groups is 1.